The Morgan fingerprint density at radius 1 is 0.625 bits per heavy atom. The predicted octanol–water partition coefficient (Wildman–Crippen LogP) is 3.09. The van der Waals surface area contributed by atoms with Crippen LogP contribution in [0, 0.1) is 0 Å². The topological polar surface area (TPSA) is 51.8 Å². The monoisotopic (exact) mass is 394 g/mol. The summed E-state index contributed by atoms with van der Waals surface area (Å²) < 4.78 is 18.0. The van der Waals surface area contributed by atoms with Crippen LogP contribution in [-0.4, -0.2) is 70.4 Å². The van der Waals surface area contributed by atoms with E-state index in [4.69, 9.17) is 13.3 Å². The lowest BCUT2D eigenvalue weighted by molar-refractivity contribution is 0.180. The van der Waals surface area contributed by atoms with Crippen molar-refractivity contribution in [3.05, 3.63) is 0 Å². The Bertz CT molecular complexity index is 302. The highest BCUT2D eigenvalue weighted by Gasteiger charge is 2.21. The maximum absolute atomic E-state index is 6.28. The zero-order chi connectivity index (χ0) is 18.9. The zero-order valence-corrected chi connectivity index (χ0v) is 20.5. The predicted molar refractivity (Wildman–Crippen MR) is 113 cm³/mol. The Labute approximate surface area is 153 Å². The van der Waals surface area contributed by atoms with E-state index in [1.165, 1.54) is 0 Å². The summed E-state index contributed by atoms with van der Waals surface area (Å²) in [6, 6.07) is 0. The van der Waals surface area contributed by atoms with Crippen molar-refractivity contribution in [1.82, 2.24) is 10.6 Å². The lowest BCUT2D eigenvalue weighted by Crippen LogP contribution is -2.45. The van der Waals surface area contributed by atoms with Crippen LogP contribution in [0.15, 0.2) is 0 Å². The molecule has 0 saturated heterocycles. The minimum absolute atomic E-state index is 0.204. The van der Waals surface area contributed by atoms with E-state index in [1.54, 1.807) is 0 Å². The van der Waals surface area contributed by atoms with Gasteiger partial charge in [-0.25, -0.2) is 0 Å². The van der Waals surface area contributed by atoms with Gasteiger partial charge in [0.2, 0.25) is 0 Å². The Morgan fingerprint density at radius 3 is 1.29 bits per heavy atom. The van der Waals surface area contributed by atoms with E-state index in [0.29, 0.717) is 0 Å². The van der Waals surface area contributed by atoms with Gasteiger partial charge in [0.25, 0.3) is 0 Å². The number of nitrogens with one attached hydrogen (secondary N) is 2. The molecule has 0 aromatic heterocycles. The molecule has 0 atom stereocenters. The van der Waals surface area contributed by atoms with Gasteiger partial charge in [0.1, 0.15) is 0 Å². The first-order valence-electron chi connectivity index (χ1n) is 9.16. The van der Waals surface area contributed by atoms with E-state index < -0.39 is 25.0 Å². The second-order valence-corrected chi connectivity index (χ2v) is 22.7. The Kier molecular flexibility index (Phi) is 11.4. The van der Waals surface area contributed by atoms with Gasteiger partial charge in [0.15, 0.2) is 25.0 Å². The van der Waals surface area contributed by atoms with Gasteiger partial charge in [0, 0.05) is 39.4 Å². The highest BCUT2D eigenvalue weighted by Crippen LogP contribution is 2.07. The highest BCUT2D eigenvalue weighted by molar-refractivity contribution is 6.70. The van der Waals surface area contributed by atoms with Crippen molar-refractivity contribution in [3.63, 3.8) is 0 Å². The summed E-state index contributed by atoms with van der Waals surface area (Å²) in [6.07, 6.45) is 0.204. The van der Waals surface area contributed by atoms with E-state index in [1.807, 2.05) is 0 Å². The van der Waals surface area contributed by atoms with Gasteiger partial charge in [-0.15, -0.1) is 0 Å². The Morgan fingerprint density at radius 2 is 1.00 bits per heavy atom. The van der Waals surface area contributed by atoms with Gasteiger partial charge in [-0.1, -0.05) is 0 Å². The van der Waals surface area contributed by atoms with Gasteiger partial charge in [-0.2, -0.15) is 0 Å². The molecule has 0 amide bonds. The Balaban J connectivity index is 4.02. The Hall–Kier alpha value is 0.451. The summed E-state index contributed by atoms with van der Waals surface area (Å²) in [6.45, 7) is 25.1. The lowest BCUT2D eigenvalue weighted by Gasteiger charge is -2.27. The maximum atomic E-state index is 6.28. The number of hydrogen-bond donors (Lipinski definition) is 2. The molecular formula is C16H42N2O3Si3. The average Bonchev–Trinajstić information content (AvgIpc) is 2.32. The average molecular weight is 395 g/mol. The van der Waals surface area contributed by atoms with Crippen LogP contribution in [0.3, 0.4) is 0 Å². The molecule has 0 unspecified atom stereocenters. The van der Waals surface area contributed by atoms with Crippen LogP contribution < -0.4 is 10.6 Å². The lowest BCUT2D eigenvalue weighted by atomic mass is 10.3. The highest BCUT2D eigenvalue weighted by atomic mass is 28.4. The summed E-state index contributed by atoms with van der Waals surface area (Å²) in [5.41, 5.74) is 0. The minimum Gasteiger partial charge on any atom is -0.416 e. The summed E-state index contributed by atoms with van der Waals surface area (Å²) in [5, 5.41) is 6.95. The van der Waals surface area contributed by atoms with Crippen molar-refractivity contribution in [2.45, 2.75) is 65.0 Å². The van der Waals surface area contributed by atoms with Crippen molar-refractivity contribution < 1.29 is 13.3 Å². The van der Waals surface area contributed by atoms with Crippen molar-refractivity contribution in [2.75, 3.05) is 39.4 Å². The first-order chi connectivity index (χ1) is 10.8. The molecule has 146 valence electrons. The molecule has 0 rings (SSSR count). The third kappa shape index (κ3) is 18.8. The summed E-state index contributed by atoms with van der Waals surface area (Å²) in [4.78, 5) is 0. The van der Waals surface area contributed by atoms with Crippen LogP contribution >= 0.6 is 0 Å². The second-order valence-electron chi connectivity index (χ2n) is 9.18. The summed E-state index contributed by atoms with van der Waals surface area (Å²) in [7, 11) is -4.36. The fourth-order valence-corrected chi connectivity index (χ4v) is 4.64. The van der Waals surface area contributed by atoms with E-state index in [2.05, 4.69) is 69.6 Å². The standard InChI is InChI=1S/C16H42N2O3Si3/c1-22(2,3)19-12-10-17-14-16(21-24(7,8)9)15-18-11-13-20-23(4,5)6/h16-18H,10-15H2,1-9H3. The van der Waals surface area contributed by atoms with E-state index in [0.717, 1.165) is 39.4 Å². The molecule has 8 heteroatoms. The molecule has 0 aromatic carbocycles. The van der Waals surface area contributed by atoms with Crippen LogP contribution in [0.2, 0.25) is 58.9 Å². The molecular weight excluding hydrogens is 352 g/mol. The van der Waals surface area contributed by atoms with Gasteiger partial charge < -0.3 is 23.9 Å². The van der Waals surface area contributed by atoms with Gasteiger partial charge in [-0.05, 0) is 58.9 Å². The summed E-state index contributed by atoms with van der Waals surface area (Å²) in [5.74, 6) is 0. The SMILES string of the molecule is C[Si](C)(C)OCCNCC(CNCCO[Si](C)(C)C)O[Si](C)(C)C. The van der Waals surface area contributed by atoms with Crippen molar-refractivity contribution in [2.24, 2.45) is 0 Å². The first-order valence-corrected chi connectivity index (χ1v) is 19.4. The molecule has 0 aliphatic rings. The van der Waals surface area contributed by atoms with Gasteiger partial charge >= 0.3 is 0 Å². The molecule has 5 nitrogen and oxygen atoms in total. The van der Waals surface area contributed by atoms with Gasteiger partial charge in [-0.3, -0.25) is 0 Å². The molecule has 0 radical (unpaired) electrons. The van der Waals surface area contributed by atoms with Crippen LogP contribution in [0.4, 0.5) is 0 Å². The molecule has 0 aliphatic carbocycles. The quantitative estimate of drug-likeness (QED) is 0.350. The van der Waals surface area contributed by atoms with Crippen molar-refractivity contribution in [1.29, 1.82) is 0 Å². The molecule has 0 heterocycles. The second kappa shape index (κ2) is 11.2. The maximum Gasteiger partial charge on any atom is 0.184 e. The van der Waals surface area contributed by atoms with Crippen molar-refractivity contribution >= 4 is 25.0 Å². The van der Waals surface area contributed by atoms with Crippen molar-refractivity contribution in [3.8, 4) is 0 Å². The van der Waals surface area contributed by atoms with Crippen LogP contribution in [0.1, 0.15) is 0 Å². The third-order valence-corrected chi connectivity index (χ3v) is 6.07. The smallest absolute Gasteiger partial charge is 0.184 e. The number of rotatable bonds is 14. The van der Waals surface area contributed by atoms with Crippen LogP contribution in [0.5, 0.6) is 0 Å². The largest absolute Gasteiger partial charge is 0.416 e. The molecule has 0 spiro atoms. The zero-order valence-electron chi connectivity index (χ0n) is 17.5. The molecule has 0 aromatic rings. The normalized spacial score (nSPS) is 13.8. The van der Waals surface area contributed by atoms with Gasteiger partial charge in [0.05, 0.1) is 6.10 Å². The molecule has 24 heavy (non-hydrogen) atoms. The first kappa shape index (κ1) is 24.5. The minimum atomic E-state index is -1.55. The van der Waals surface area contributed by atoms with E-state index in [9.17, 15) is 0 Å². The fourth-order valence-electron chi connectivity index (χ4n) is 2.04. The van der Waals surface area contributed by atoms with Crippen LogP contribution in [0.25, 0.3) is 0 Å². The number of hydrogen-bond acceptors (Lipinski definition) is 5. The molecule has 2 N–H and O–H groups in total. The van der Waals surface area contributed by atoms with Crippen LogP contribution in [-0.2, 0) is 13.3 Å². The molecule has 0 bridgehead atoms. The molecule has 0 saturated carbocycles. The summed E-state index contributed by atoms with van der Waals surface area (Å²) >= 11 is 0. The fraction of sp³-hybridized carbons (Fsp3) is 1.00. The van der Waals surface area contributed by atoms with E-state index in [-0.39, 0.29) is 6.10 Å². The van der Waals surface area contributed by atoms with E-state index >= 15 is 0 Å². The molecule has 0 fully saturated rings. The molecule has 0 aliphatic heterocycles. The third-order valence-electron chi connectivity index (χ3n) is 2.89.